The molecule has 0 radical (unpaired) electrons. The van der Waals surface area contributed by atoms with E-state index in [0.29, 0.717) is 35.4 Å². The largest absolute Gasteiger partial charge is 0.481 e. The van der Waals surface area contributed by atoms with Gasteiger partial charge in [-0.3, -0.25) is 9.59 Å². The van der Waals surface area contributed by atoms with Gasteiger partial charge in [-0.15, -0.1) is 0 Å². The average Bonchev–Trinajstić information content (AvgIpc) is 3.30. The fourth-order valence-electron chi connectivity index (χ4n) is 4.78. The SMILES string of the molecule is Cc1cc(Oc2ccccc2)ccc1C(=O)c1c[nH]c2nccc(N[C@H]3CC[C@H](C(=O)O)CC3)c12. The molecule has 1 saturated carbocycles. The van der Waals surface area contributed by atoms with Crippen molar-refractivity contribution in [2.75, 3.05) is 5.32 Å². The van der Waals surface area contributed by atoms with Crippen molar-refractivity contribution in [1.82, 2.24) is 9.97 Å². The Morgan fingerprint density at radius 3 is 2.49 bits per heavy atom. The smallest absolute Gasteiger partial charge is 0.306 e. The van der Waals surface area contributed by atoms with Crippen LogP contribution in [0.25, 0.3) is 11.0 Å². The number of ether oxygens (including phenoxy) is 1. The molecule has 7 nitrogen and oxygen atoms in total. The number of benzene rings is 2. The van der Waals surface area contributed by atoms with E-state index in [2.05, 4.69) is 15.3 Å². The molecular formula is C28H27N3O4. The Balaban J connectivity index is 1.39. The minimum absolute atomic E-state index is 0.0920. The molecule has 3 N–H and O–H groups in total. The van der Waals surface area contributed by atoms with Gasteiger partial charge in [-0.2, -0.15) is 0 Å². The minimum atomic E-state index is -0.719. The minimum Gasteiger partial charge on any atom is -0.481 e. The molecular weight excluding hydrogens is 442 g/mol. The quantitative estimate of drug-likeness (QED) is 0.289. The third kappa shape index (κ3) is 4.75. The fourth-order valence-corrected chi connectivity index (χ4v) is 4.78. The highest BCUT2D eigenvalue weighted by atomic mass is 16.5. The number of ketones is 1. The summed E-state index contributed by atoms with van der Waals surface area (Å²) in [5.74, 6) is 0.327. The van der Waals surface area contributed by atoms with Crippen molar-refractivity contribution in [3.8, 4) is 11.5 Å². The number of nitrogens with zero attached hydrogens (tertiary/aromatic N) is 1. The van der Waals surface area contributed by atoms with Crippen molar-refractivity contribution < 1.29 is 19.4 Å². The Morgan fingerprint density at radius 2 is 1.77 bits per heavy atom. The standard InChI is InChI=1S/C28H27N3O4/c1-17-15-21(35-20-5-3-2-4-6-20)11-12-22(17)26(32)23-16-30-27-25(23)24(13-14-29-27)31-19-9-7-18(8-10-19)28(33)34/h2-6,11-16,18-19H,7-10H2,1H3,(H,33,34)(H2,29,30,31)/t18-,19-. The van der Waals surface area contributed by atoms with Gasteiger partial charge < -0.3 is 20.1 Å². The molecule has 5 rings (SSSR count). The van der Waals surface area contributed by atoms with Crippen molar-refractivity contribution in [2.45, 2.75) is 38.6 Å². The molecule has 0 saturated heterocycles. The molecule has 4 aromatic rings. The summed E-state index contributed by atoms with van der Waals surface area (Å²) in [4.78, 5) is 32.4. The first kappa shape index (κ1) is 22.7. The lowest BCUT2D eigenvalue weighted by Gasteiger charge is -2.28. The second kappa shape index (κ2) is 9.62. The zero-order valence-corrected chi connectivity index (χ0v) is 19.5. The molecule has 35 heavy (non-hydrogen) atoms. The Bertz CT molecular complexity index is 1370. The number of aromatic nitrogens is 2. The zero-order chi connectivity index (χ0) is 24.4. The van der Waals surface area contributed by atoms with Gasteiger partial charge in [0.2, 0.25) is 0 Å². The number of rotatable bonds is 7. The number of carbonyl (C=O) groups is 2. The molecule has 2 aromatic heterocycles. The maximum absolute atomic E-state index is 13.6. The molecule has 2 aromatic carbocycles. The van der Waals surface area contributed by atoms with Gasteiger partial charge in [0, 0.05) is 29.7 Å². The number of hydrogen-bond donors (Lipinski definition) is 3. The predicted octanol–water partition coefficient (Wildman–Crippen LogP) is 5.95. The Kier molecular flexibility index (Phi) is 6.23. The van der Waals surface area contributed by atoms with Gasteiger partial charge in [0.15, 0.2) is 5.78 Å². The molecule has 0 bridgehead atoms. The summed E-state index contributed by atoms with van der Waals surface area (Å²) in [6.07, 6.45) is 6.26. The number of hydrogen-bond acceptors (Lipinski definition) is 5. The lowest BCUT2D eigenvalue weighted by Crippen LogP contribution is -2.29. The summed E-state index contributed by atoms with van der Waals surface area (Å²) in [5.41, 5.74) is 3.44. The lowest BCUT2D eigenvalue weighted by molar-refractivity contribution is -0.142. The van der Waals surface area contributed by atoms with Crippen molar-refractivity contribution in [1.29, 1.82) is 0 Å². The number of nitrogens with one attached hydrogen (secondary N) is 2. The van der Waals surface area contributed by atoms with Crippen molar-refractivity contribution in [2.24, 2.45) is 5.92 Å². The van der Waals surface area contributed by atoms with Gasteiger partial charge in [0.1, 0.15) is 17.1 Å². The molecule has 0 aliphatic heterocycles. The van der Waals surface area contributed by atoms with E-state index < -0.39 is 5.97 Å². The topological polar surface area (TPSA) is 104 Å². The summed E-state index contributed by atoms with van der Waals surface area (Å²) in [5, 5.41) is 13.6. The fraction of sp³-hybridized carbons (Fsp3) is 0.250. The Morgan fingerprint density at radius 1 is 1.00 bits per heavy atom. The van der Waals surface area contributed by atoms with Crippen molar-refractivity contribution >= 4 is 28.5 Å². The van der Waals surface area contributed by atoms with Gasteiger partial charge in [-0.05, 0) is 74.6 Å². The van der Waals surface area contributed by atoms with Crippen molar-refractivity contribution in [3.63, 3.8) is 0 Å². The Hall–Kier alpha value is -4.13. The van der Waals surface area contributed by atoms with E-state index >= 15 is 0 Å². The Labute approximate surface area is 203 Å². The number of anilines is 1. The normalized spacial score (nSPS) is 17.7. The number of H-pyrrole nitrogens is 1. The van der Waals surface area contributed by atoms with E-state index in [9.17, 15) is 14.7 Å². The van der Waals surface area contributed by atoms with Crippen LogP contribution in [0.5, 0.6) is 11.5 Å². The van der Waals surface area contributed by atoms with E-state index in [1.165, 1.54) is 0 Å². The van der Waals surface area contributed by atoms with E-state index in [-0.39, 0.29) is 17.7 Å². The molecule has 0 amide bonds. The van der Waals surface area contributed by atoms with E-state index in [0.717, 1.165) is 35.2 Å². The summed E-state index contributed by atoms with van der Waals surface area (Å²) >= 11 is 0. The second-order valence-electron chi connectivity index (χ2n) is 9.04. The average molecular weight is 470 g/mol. The van der Waals surface area contributed by atoms with Gasteiger partial charge >= 0.3 is 5.97 Å². The van der Waals surface area contributed by atoms with Gasteiger partial charge in [0.05, 0.1) is 16.9 Å². The molecule has 1 aliphatic rings. The maximum Gasteiger partial charge on any atom is 0.306 e. The third-order valence-corrected chi connectivity index (χ3v) is 6.68. The summed E-state index contributed by atoms with van der Waals surface area (Å²) < 4.78 is 5.91. The van der Waals surface area contributed by atoms with Crippen LogP contribution < -0.4 is 10.1 Å². The lowest BCUT2D eigenvalue weighted by atomic mass is 9.86. The number of pyridine rings is 1. The van der Waals surface area contributed by atoms with Crippen LogP contribution in [0.1, 0.15) is 47.2 Å². The number of aliphatic carboxylic acids is 1. The second-order valence-corrected chi connectivity index (χ2v) is 9.04. The van der Waals surface area contributed by atoms with Gasteiger partial charge in [0.25, 0.3) is 0 Å². The molecule has 0 unspecified atom stereocenters. The number of aryl methyl sites for hydroxylation is 1. The van der Waals surface area contributed by atoms with E-state index in [1.54, 1.807) is 24.5 Å². The zero-order valence-electron chi connectivity index (χ0n) is 19.5. The molecule has 0 spiro atoms. The first-order valence-corrected chi connectivity index (χ1v) is 11.8. The number of carbonyl (C=O) groups excluding carboxylic acids is 1. The van der Waals surface area contributed by atoms with Crippen LogP contribution in [0.3, 0.4) is 0 Å². The molecule has 1 fully saturated rings. The molecule has 0 atom stereocenters. The molecule has 7 heteroatoms. The number of carboxylic acid groups (broad SMARTS) is 1. The number of carboxylic acids is 1. The van der Waals surface area contributed by atoms with Gasteiger partial charge in [-0.1, -0.05) is 18.2 Å². The van der Waals surface area contributed by atoms with E-state index in [4.69, 9.17) is 4.74 Å². The van der Waals surface area contributed by atoms with Crippen LogP contribution in [-0.4, -0.2) is 32.9 Å². The van der Waals surface area contributed by atoms with Gasteiger partial charge in [-0.25, -0.2) is 4.98 Å². The van der Waals surface area contributed by atoms with Crippen LogP contribution in [0.15, 0.2) is 67.0 Å². The number of para-hydroxylation sites is 1. The number of aromatic amines is 1. The number of fused-ring (bicyclic) bond motifs is 1. The first-order valence-electron chi connectivity index (χ1n) is 11.8. The maximum atomic E-state index is 13.6. The molecule has 2 heterocycles. The van der Waals surface area contributed by atoms with Crippen LogP contribution in [0, 0.1) is 12.8 Å². The first-order chi connectivity index (χ1) is 17.0. The van der Waals surface area contributed by atoms with Crippen LogP contribution in [0.4, 0.5) is 5.69 Å². The molecule has 1 aliphatic carbocycles. The van der Waals surface area contributed by atoms with E-state index in [1.807, 2.05) is 49.4 Å². The predicted molar refractivity (Wildman–Crippen MR) is 134 cm³/mol. The van der Waals surface area contributed by atoms with Crippen LogP contribution in [0.2, 0.25) is 0 Å². The van der Waals surface area contributed by atoms with Crippen molar-refractivity contribution in [3.05, 3.63) is 83.7 Å². The highest BCUT2D eigenvalue weighted by Crippen LogP contribution is 2.32. The van der Waals surface area contributed by atoms with Crippen LogP contribution >= 0.6 is 0 Å². The summed E-state index contributed by atoms with van der Waals surface area (Å²) in [6.45, 7) is 1.90. The summed E-state index contributed by atoms with van der Waals surface area (Å²) in [7, 11) is 0. The highest BCUT2D eigenvalue weighted by molar-refractivity contribution is 6.19. The third-order valence-electron chi connectivity index (χ3n) is 6.68. The monoisotopic (exact) mass is 469 g/mol. The highest BCUT2D eigenvalue weighted by Gasteiger charge is 2.27. The molecule has 178 valence electrons. The van der Waals surface area contributed by atoms with Crippen LogP contribution in [-0.2, 0) is 4.79 Å². The summed E-state index contributed by atoms with van der Waals surface area (Å²) in [6, 6.07) is 17.0.